The number of rotatable bonds is 6. The maximum atomic E-state index is 11.4. The number of unbranched alkanes of at least 4 members (excludes halogenated alkanes) is 3. The van der Waals surface area contributed by atoms with Crippen molar-refractivity contribution in [3.63, 3.8) is 0 Å². The third-order valence-electron chi connectivity index (χ3n) is 2.96. The molecule has 2 nitrogen and oxygen atoms in total. The summed E-state index contributed by atoms with van der Waals surface area (Å²) in [6.07, 6.45) is 6.96. The minimum absolute atomic E-state index is 0.368. The van der Waals surface area contributed by atoms with E-state index in [1.165, 1.54) is 25.8 Å². The monoisotopic (exact) mass is 229 g/mol. The zero-order valence-electron chi connectivity index (χ0n) is 9.78. The van der Waals surface area contributed by atoms with E-state index >= 15 is 0 Å². The summed E-state index contributed by atoms with van der Waals surface area (Å²) in [5.41, 5.74) is 0. The van der Waals surface area contributed by atoms with E-state index in [1.54, 1.807) is 0 Å². The maximum Gasteiger partial charge on any atom is 0.0447 e. The van der Waals surface area contributed by atoms with Gasteiger partial charge in [0.15, 0.2) is 0 Å². The number of nitrogens with zero attached hydrogens (tertiary/aromatic N) is 1. The lowest BCUT2D eigenvalue weighted by Crippen LogP contribution is -2.42. The average Bonchev–Trinajstić information content (AvgIpc) is 2.23. The zero-order chi connectivity index (χ0) is 11.1. The fourth-order valence-electron chi connectivity index (χ4n) is 1.96. The van der Waals surface area contributed by atoms with Crippen molar-refractivity contribution in [3.05, 3.63) is 12.7 Å². The van der Waals surface area contributed by atoms with Crippen molar-refractivity contribution in [2.75, 3.05) is 25.4 Å². The highest BCUT2D eigenvalue weighted by Gasteiger charge is 2.21. The third-order valence-corrected chi connectivity index (χ3v) is 4.59. The molecule has 0 amide bonds. The third kappa shape index (κ3) is 4.94. The van der Waals surface area contributed by atoms with E-state index in [4.69, 9.17) is 0 Å². The SMILES string of the molecule is C=CCCCCCN1CC[S@](=O)[C@H](C)C1. The molecular weight excluding hydrogens is 206 g/mol. The highest BCUT2D eigenvalue weighted by Crippen LogP contribution is 2.10. The Morgan fingerprint density at radius 1 is 1.47 bits per heavy atom. The van der Waals surface area contributed by atoms with E-state index in [0.717, 1.165) is 25.3 Å². The van der Waals surface area contributed by atoms with Crippen molar-refractivity contribution < 1.29 is 4.21 Å². The van der Waals surface area contributed by atoms with Gasteiger partial charge >= 0.3 is 0 Å². The molecule has 0 aliphatic carbocycles. The second-order valence-corrected chi connectivity index (χ2v) is 6.31. The van der Waals surface area contributed by atoms with Crippen LogP contribution in [0, 0.1) is 0 Å². The van der Waals surface area contributed by atoms with Gasteiger partial charge in [-0.15, -0.1) is 6.58 Å². The number of allylic oxidation sites excluding steroid dienone is 1. The number of hydrogen-bond acceptors (Lipinski definition) is 2. The van der Waals surface area contributed by atoms with Gasteiger partial charge in [-0.05, 0) is 32.7 Å². The predicted molar refractivity (Wildman–Crippen MR) is 67.6 cm³/mol. The molecule has 0 aromatic rings. The van der Waals surface area contributed by atoms with Crippen LogP contribution in [-0.4, -0.2) is 39.7 Å². The summed E-state index contributed by atoms with van der Waals surface area (Å²) >= 11 is 0. The Labute approximate surface area is 96.2 Å². The molecule has 1 fully saturated rings. The minimum atomic E-state index is -0.571. The van der Waals surface area contributed by atoms with E-state index in [2.05, 4.69) is 18.4 Å². The van der Waals surface area contributed by atoms with Crippen LogP contribution < -0.4 is 0 Å². The summed E-state index contributed by atoms with van der Waals surface area (Å²) in [5.74, 6) is 0.869. The lowest BCUT2D eigenvalue weighted by atomic mass is 10.2. The van der Waals surface area contributed by atoms with E-state index in [9.17, 15) is 4.21 Å². The molecule has 15 heavy (non-hydrogen) atoms. The van der Waals surface area contributed by atoms with Crippen molar-refractivity contribution in [2.24, 2.45) is 0 Å². The molecule has 0 radical (unpaired) electrons. The molecule has 0 unspecified atom stereocenters. The average molecular weight is 229 g/mol. The fourth-order valence-corrected chi connectivity index (χ4v) is 3.18. The van der Waals surface area contributed by atoms with Crippen LogP contribution in [0.1, 0.15) is 32.6 Å². The molecule has 0 spiro atoms. The first kappa shape index (κ1) is 12.9. The van der Waals surface area contributed by atoms with Gasteiger partial charge in [-0.2, -0.15) is 0 Å². The van der Waals surface area contributed by atoms with Crippen LogP contribution in [-0.2, 0) is 10.8 Å². The Balaban J connectivity index is 2.06. The summed E-state index contributed by atoms with van der Waals surface area (Å²) in [4.78, 5) is 2.46. The summed E-state index contributed by atoms with van der Waals surface area (Å²) in [6.45, 7) is 9.05. The van der Waals surface area contributed by atoms with Gasteiger partial charge in [0.1, 0.15) is 0 Å². The molecule has 1 heterocycles. The molecule has 1 aliphatic heterocycles. The van der Waals surface area contributed by atoms with Crippen molar-refractivity contribution in [3.8, 4) is 0 Å². The molecular formula is C12H23NOS. The first-order valence-electron chi connectivity index (χ1n) is 5.94. The van der Waals surface area contributed by atoms with Crippen molar-refractivity contribution in [1.29, 1.82) is 0 Å². The molecule has 88 valence electrons. The Morgan fingerprint density at radius 2 is 2.27 bits per heavy atom. The van der Waals surface area contributed by atoms with E-state index in [1.807, 2.05) is 6.08 Å². The van der Waals surface area contributed by atoms with Gasteiger partial charge in [-0.25, -0.2) is 0 Å². The largest absolute Gasteiger partial charge is 0.301 e. The summed E-state index contributed by atoms with van der Waals surface area (Å²) < 4.78 is 11.4. The van der Waals surface area contributed by atoms with Crippen molar-refractivity contribution >= 4 is 10.8 Å². The van der Waals surface area contributed by atoms with Crippen LogP contribution in [0.25, 0.3) is 0 Å². The molecule has 1 rings (SSSR count). The predicted octanol–water partition coefficient (Wildman–Crippen LogP) is 2.19. The van der Waals surface area contributed by atoms with E-state index in [-0.39, 0.29) is 0 Å². The summed E-state index contributed by atoms with van der Waals surface area (Å²) in [7, 11) is -0.571. The first-order valence-corrected chi connectivity index (χ1v) is 7.32. The van der Waals surface area contributed by atoms with Crippen LogP contribution in [0.15, 0.2) is 12.7 Å². The normalized spacial score (nSPS) is 27.8. The molecule has 1 aliphatic rings. The van der Waals surface area contributed by atoms with Crippen LogP contribution in [0.2, 0.25) is 0 Å². The van der Waals surface area contributed by atoms with E-state index < -0.39 is 10.8 Å². The molecule has 0 bridgehead atoms. The van der Waals surface area contributed by atoms with Gasteiger partial charge in [-0.3, -0.25) is 4.21 Å². The molecule has 0 aromatic heterocycles. The molecule has 0 N–H and O–H groups in total. The minimum Gasteiger partial charge on any atom is -0.301 e. The van der Waals surface area contributed by atoms with Gasteiger partial charge in [0.05, 0.1) is 0 Å². The second-order valence-electron chi connectivity index (χ2n) is 4.33. The first-order chi connectivity index (χ1) is 7.24. The molecule has 1 saturated heterocycles. The molecule has 0 saturated carbocycles. The van der Waals surface area contributed by atoms with Gasteiger partial charge in [-0.1, -0.05) is 12.5 Å². The highest BCUT2D eigenvalue weighted by atomic mass is 32.2. The number of hydrogen-bond donors (Lipinski definition) is 0. The summed E-state index contributed by atoms with van der Waals surface area (Å²) in [6, 6.07) is 0. The quantitative estimate of drug-likeness (QED) is 0.514. The Morgan fingerprint density at radius 3 is 2.93 bits per heavy atom. The summed E-state index contributed by atoms with van der Waals surface area (Å²) in [5, 5.41) is 0.368. The van der Waals surface area contributed by atoms with Gasteiger partial charge in [0.25, 0.3) is 0 Å². The molecule has 2 atom stereocenters. The Kier molecular flexibility index (Phi) is 6.18. The standard InChI is InChI=1S/C12H23NOS/c1-3-4-5-6-7-8-13-9-10-15(14)12(2)11-13/h3,12H,1,4-11H2,2H3/t12-,15+/m1/s1. The van der Waals surface area contributed by atoms with Crippen LogP contribution in [0.5, 0.6) is 0 Å². The fraction of sp³-hybridized carbons (Fsp3) is 0.833. The van der Waals surface area contributed by atoms with Gasteiger partial charge in [0.2, 0.25) is 0 Å². The van der Waals surface area contributed by atoms with Crippen LogP contribution in [0.3, 0.4) is 0 Å². The Hall–Kier alpha value is -0.150. The van der Waals surface area contributed by atoms with Crippen LogP contribution >= 0.6 is 0 Å². The van der Waals surface area contributed by atoms with Crippen molar-refractivity contribution in [2.45, 2.75) is 37.9 Å². The topological polar surface area (TPSA) is 20.3 Å². The smallest absolute Gasteiger partial charge is 0.0447 e. The lowest BCUT2D eigenvalue weighted by molar-refractivity contribution is 0.276. The van der Waals surface area contributed by atoms with Gasteiger partial charge < -0.3 is 4.90 Å². The lowest BCUT2D eigenvalue weighted by Gasteiger charge is -2.30. The zero-order valence-corrected chi connectivity index (χ0v) is 10.6. The van der Waals surface area contributed by atoms with E-state index in [0.29, 0.717) is 5.25 Å². The van der Waals surface area contributed by atoms with Gasteiger partial charge in [0, 0.05) is 34.9 Å². The van der Waals surface area contributed by atoms with Crippen LogP contribution in [0.4, 0.5) is 0 Å². The Bertz CT molecular complexity index is 218. The van der Waals surface area contributed by atoms with Crippen molar-refractivity contribution in [1.82, 2.24) is 4.90 Å². The highest BCUT2D eigenvalue weighted by molar-refractivity contribution is 7.85. The molecule has 3 heteroatoms. The molecule has 0 aromatic carbocycles. The second kappa shape index (κ2) is 7.18. The maximum absolute atomic E-state index is 11.4.